The van der Waals surface area contributed by atoms with Gasteiger partial charge in [-0.1, -0.05) is 15.9 Å². The quantitative estimate of drug-likeness (QED) is 0.532. The van der Waals surface area contributed by atoms with E-state index < -0.39 is 0 Å². The highest BCUT2D eigenvalue weighted by molar-refractivity contribution is 9.10. The van der Waals surface area contributed by atoms with Crippen LogP contribution in [0.3, 0.4) is 0 Å². The van der Waals surface area contributed by atoms with E-state index in [1.165, 1.54) is 5.69 Å². The number of hydrogen-bond donors (Lipinski definition) is 2. The van der Waals surface area contributed by atoms with Crippen molar-refractivity contribution in [3.8, 4) is 0 Å². The molecule has 7 heteroatoms. The van der Waals surface area contributed by atoms with Crippen LogP contribution >= 0.6 is 15.9 Å². The second-order valence-corrected chi connectivity index (χ2v) is 8.16. The lowest BCUT2D eigenvalue weighted by atomic mass is 10.1. The third-order valence-corrected chi connectivity index (χ3v) is 5.74. The fraction of sp³-hybridized carbons (Fsp3) is 0.600. The van der Waals surface area contributed by atoms with Crippen LogP contribution in [0, 0.1) is 5.92 Å². The van der Waals surface area contributed by atoms with Gasteiger partial charge in [-0.15, -0.1) is 0 Å². The van der Waals surface area contributed by atoms with Gasteiger partial charge in [0.2, 0.25) is 5.91 Å². The summed E-state index contributed by atoms with van der Waals surface area (Å²) in [4.78, 5) is 21.0. The van der Waals surface area contributed by atoms with Gasteiger partial charge in [-0.3, -0.25) is 4.79 Å². The third-order valence-electron chi connectivity index (χ3n) is 5.21. The van der Waals surface area contributed by atoms with Gasteiger partial charge in [-0.05, 0) is 56.4 Å². The number of nitrogens with one attached hydrogen (secondary N) is 2. The normalized spacial score (nSPS) is 20.2. The van der Waals surface area contributed by atoms with Crippen molar-refractivity contribution in [2.24, 2.45) is 10.9 Å². The molecular weight excluding hydrogens is 406 g/mol. The Labute approximate surface area is 170 Å². The topological polar surface area (TPSA) is 60.0 Å². The van der Waals surface area contributed by atoms with E-state index in [2.05, 4.69) is 60.7 Å². The Morgan fingerprint density at radius 3 is 2.63 bits per heavy atom. The van der Waals surface area contributed by atoms with Crippen molar-refractivity contribution in [1.29, 1.82) is 0 Å². The first-order valence-electron chi connectivity index (χ1n) is 9.96. The number of rotatable bonds is 6. The zero-order valence-corrected chi connectivity index (χ0v) is 17.7. The number of anilines is 1. The number of benzene rings is 1. The Bertz CT molecular complexity index is 642. The molecule has 2 aliphatic rings. The van der Waals surface area contributed by atoms with Crippen molar-refractivity contribution >= 4 is 33.5 Å². The maximum absolute atomic E-state index is 12.2. The van der Waals surface area contributed by atoms with Crippen LogP contribution in [-0.2, 0) is 4.79 Å². The molecule has 2 saturated heterocycles. The van der Waals surface area contributed by atoms with Crippen LogP contribution in [0.2, 0.25) is 0 Å². The lowest BCUT2D eigenvalue weighted by Gasteiger charge is -2.20. The zero-order chi connectivity index (χ0) is 19.1. The first-order chi connectivity index (χ1) is 13.2. The predicted octanol–water partition coefficient (Wildman–Crippen LogP) is 2.45. The Hall–Kier alpha value is -1.76. The van der Waals surface area contributed by atoms with E-state index in [4.69, 9.17) is 0 Å². The SMILES string of the molecule is CCNC(=NCC(=O)N1CCCC1)NCC1CCN(c2ccc(Br)cc2)C1. The number of likely N-dealkylation sites (tertiary alicyclic amines) is 1. The fourth-order valence-corrected chi connectivity index (χ4v) is 3.95. The maximum Gasteiger partial charge on any atom is 0.244 e. The molecule has 0 saturated carbocycles. The molecule has 2 aliphatic heterocycles. The molecule has 0 aliphatic carbocycles. The number of carbonyl (C=O) groups excluding carboxylic acids is 1. The van der Waals surface area contributed by atoms with E-state index in [-0.39, 0.29) is 12.5 Å². The molecule has 6 nitrogen and oxygen atoms in total. The lowest BCUT2D eigenvalue weighted by molar-refractivity contribution is -0.128. The molecule has 1 unspecified atom stereocenters. The highest BCUT2D eigenvalue weighted by Gasteiger charge is 2.23. The second-order valence-electron chi connectivity index (χ2n) is 7.24. The maximum atomic E-state index is 12.2. The van der Waals surface area contributed by atoms with Crippen LogP contribution in [0.1, 0.15) is 26.2 Å². The third kappa shape index (κ3) is 5.86. The summed E-state index contributed by atoms with van der Waals surface area (Å²) in [6.07, 6.45) is 3.39. The van der Waals surface area contributed by atoms with Gasteiger partial charge in [0.15, 0.2) is 5.96 Å². The van der Waals surface area contributed by atoms with Gasteiger partial charge in [0, 0.05) is 49.4 Å². The van der Waals surface area contributed by atoms with Crippen LogP contribution in [-0.4, -0.2) is 62.6 Å². The van der Waals surface area contributed by atoms with Crippen molar-refractivity contribution in [2.45, 2.75) is 26.2 Å². The van der Waals surface area contributed by atoms with Crippen LogP contribution in [0.15, 0.2) is 33.7 Å². The summed E-state index contributed by atoms with van der Waals surface area (Å²) in [6.45, 7) is 7.82. The van der Waals surface area contributed by atoms with Gasteiger partial charge < -0.3 is 20.4 Å². The molecule has 2 heterocycles. The predicted molar refractivity (Wildman–Crippen MR) is 114 cm³/mol. The van der Waals surface area contributed by atoms with Crippen LogP contribution < -0.4 is 15.5 Å². The first-order valence-corrected chi connectivity index (χ1v) is 10.8. The minimum Gasteiger partial charge on any atom is -0.371 e. The molecule has 2 fully saturated rings. The van der Waals surface area contributed by atoms with E-state index in [0.717, 1.165) is 69.0 Å². The smallest absolute Gasteiger partial charge is 0.244 e. The second kappa shape index (κ2) is 9.97. The number of carbonyl (C=O) groups is 1. The van der Waals surface area contributed by atoms with Crippen LogP contribution in [0.5, 0.6) is 0 Å². The number of guanidine groups is 1. The number of amides is 1. The number of nitrogens with zero attached hydrogens (tertiary/aromatic N) is 3. The van der Waals surface area contributed by atoms with Gasteiger partial charge in [-0.25, -0.2) is 4.99 Å². The van der Waals surface area contributed by atoms with E-state index in [0.29, 0.717) is 5.92 Å². The Morgan fingerprint density at radius 2 is 1.93 bits per heavy atom. The van der Waals surface area contributed by atoms with Crippen molar-refractivity contribution < 1.29 is 4.79 Å². The molecule has 0 radical (unpaired) electrons. The molecule has 0 bridgehead atoms. The van der Waals surface area contributed by atoms with Crippen molar-refractivity contribution in [2.75, 3.05) is 50.7 Å². The molecule has 1 aromatic carbocycles. The molecule has 1 atom stereocenters. The Kier molecular flexibility index (Phi) is 7.38. The first kappa shape index (κ1) is 20.0. The summed E-state index contributed by atoms with van der Waals surface area (Å²) in [5.41, 5.74) is 1.28. The monoisotopic (exact) mass is 435 g/mol. The standard InChI is InChI=1S/C20H30BrN5O/c1-2-22-20(24-14-19(27)25-10-3-4-11-25)23-13-16-9-12-26(15-16)18-7-5-17(21)6-8-18/h5-8,16H,2-4,9-15H2,1H3,(H2,22,23,24). The summed E-state index contributed by atoms with van der Waals surface area (Å²) in [6, 6.07) is 8.51. The summed E-state index contributed by atoms with van der Waals surface area (Å²) < 4.78 is 1.11. The average Bonchev–Trinajstić information content (AvgIpc) is 3.36. The molecular formula is C20H30BrN5O. The highest BCUT2D eigenvalue weighted by Crippen LogP contribution is 2.24. The Morgan fingerprint density at radius 1 is 1.19 bits per heavy atom. The van der Waals surface area contributed by atoms with Crippen molar-refractivity contribution in [1.82, 2.24) is 15.5 Å². The summed E-state index contributed by atoms with van der Waals surface area (Å²) in [7, 11) is 0. The van der Waals surface area contributed by atoms with Gasteiger partial charge >= 0.3 is 0 Å². The van der Waals surface area contributed by atoms with Crippen molar-refractivity contribution in [3.63, 3.8) is 0 Å². The van der Waals surface area contributed by atoms with Crippen LogP contribution in [0.25, 0.3) is 0 Å². The largest absolute Gasteiger partial charge is 0.371 e. The van der Waals surface area contributed by atoms with E-state index >= 15 is 0 Å². The lowest BCUT2D eigenvalue weighted by Crippen LogP contribution is -2.41. The summed E-state index contributed by atoms with van der Waals surface area (Å²) in [5, 5.41) is 6.67. The molecule has 148 valence electrons. The fourth-order valence-electron chi connectivity index (χ4n) is 3.68. The molecule has 2 N–H and O–H groups in total. The average molecular weight is 436 g/mol. The Balaban J connectivity index is 1.46. The number of halogens is 1. The molecule has 1 aromatic rings. The van der Waals surface area contributed by atoms with Gasteiger partial charge in [0.05, 0.1) is 0 Å². The van der Waals surface area contributed by atoms with Gasteiger partial charge in [-0.2, -0.15) is 0 Å². The van der Waals surface area contributed by atoms with Gasteiger partial charge in [0.1, 0.15) is 6.54 Å². The van der Waals surface area contributed by atoms with E-state index in [9.17, 15) is 4.79 Å². The zero-order valence-electron chi connectivity index (χ0n) is 16.1. The minimum absolute atomic E-state index is 0.131. The minimum atomic E-state index is 0.131. The van der Waals surface area contributed by atoms with Gasteiger partial charge in [0.25, 0.3) is 0 Å². The number of aliphatic imine (C=N–C) groups is 1. The molecule has 1 amide bonds. The molecule has 0 spiro atoms. The summed E-state index contributed by atoms with van der Waals surface area (Å²) in [5.74, 6) is 1.45. The van der Waals surface area contributed by atoms with Crippen molar-refractivity contribution in [3.05, 3.63) is 28.7 Å². The van der Waals surface area contributed by atoms with E-state index in [1.54, 1.807) is 0 Å². The molecule has 27 heavy (non-hydrogen) atoms. The number of hydrogen-bond acceptors (Lipinski definition) is 3. The summed E-state index contributed by atoms with van der Waals surface area (Å²) >= 11 is 3.49. The molecule has 0 aromatic heterocycles. The highest BCUT2D eigenvalue weighted by atomic mass is 79.9. The molecule has 3 rings (SSSR count). The van der Waals surface area contributed by atoms with Crippen LogP contribution in [0.4, 0.5) is 5.69 Å². The van der Waals surface area contributed by atoms with E-state index in [1.807, 2.05) is 11.8 Å².